The van der Waals surface area contributed by atoms with E-state index in [0.29, 0.717) is 22.9 Å². The lowest BCUT2D eigenvalue weighted by molar-refractivity contribution is -0.141. The Morgan fingerprint density at radius 3 is 2.25 bits per heavy atom. The molecule has 284 valence electrons. The maximum Gasteiger partial charge on any atom is 0.263 e. The number of nitrogens with zero attached hydrogens (tertiary/aromatic N) is 2. The van der Waals surface area contributed by atoms with E-state index in [1.165, 1.54) is 17.3 Å². The summed E-state index contributed by atoms with van der Waals surface area (Å²) in [6.07, 6.45) is 0.224. The minimum atomic E-state index is -1.03. The summed E-state index contributed by atoms with van der Waals surface area (Å²) in [7, 11) is 1.69. The van der Waals surface area contributed by atoms with Gasteiger partial charge in [-0.1, -0.05) is 67.6 Å². The number of imide groups is 2. The van der Waals surface area contributed by atoms with E-state index in [1.54, 1.807) is 49.2 Å². The quantitative estimate of drug-likeness (QED) is 0.0627. The summed E-state index contributed by atoms with van der Waals surface area (Å²) >= 11 is 1.32. The number of benzene rings is 4. The van der Waals surface area contributed by atoms with Gasteiger partial charge >= 0.3 is 0 Å². The lowest BCUT2D eigenvalue weighted by Gasteiger charge is -2.27. The first-order chi connectivity index (χ1) is 26.6. The molecule has 12 heteroatoms. The van der Waals surface area contributed by atoms with Crippen LogP contribution in [0.3, 0.4) is 0 Å². The molecule has 2 unspecified atom stereocenters. The smallest absolute Gasteiger partial charge is 0.263 e. The highest BCUT2D eigenvalue weighted by Gasteiger charge is 2.45. The molecule has 0 radical (unpaired) electrons. The molecule has 2 aliphatic heterocycles. The van der Waals surface area contributed by atoms with Crippen LogP contribution in [0, 0.1) is 0 Å². The van der Waals surface area contributed by atoms with Crippen molar-refractivity contribution in [3.63, 3.8) is 0 Å². The van der Waals surface area contributed by atoms with Crippen molar-refractivity contribution in [3.05, 3.63) is 125 Å². The molecular weight excluding hydrogens is 719 g/mol. The molecule has 0 aliphatic carbocycles. The van der Waals surface area contributed by atoms with Gasteiger partial charge < -0.3 is 19.5 Å². The third-order valence-electron chi connectivity index (χ3n) is 9.63. The van der Waals surface area contributed by atoms with Gasteiger partial charge in [-0.25, -0.2) is 0 Å². The highest BCUT2D eigenvalue weighted by Crippen LogP contribution is 2.36. The number of nitrogens with one attached hydrogen (secondary N) is 1. The number of carbonyl (C=O) groups excluding carboxylic acids is 5. The van der Waals surface area contributed by atoms with E-state index in [0.717, 1.165) is 33.6 Å². The number of aromatic hydroxyl groups is 1. The van der Waals surface area contributed by atoms with Crippen molar-refractivity contribution in [1.29, 1.82) is 0 Å². The van der Waals surface area contributed by atoms with E-state index in [9.17, 15) is 29.1 Å². The van der Waals surface area contributed by atoms with E-state index >= 15 is 0 Å². The van der Waals surface area contributed by atoms with Gasteiger partial charge in [-0.3, -0.25) is 34.2 Å². The van der Waals surface area contributed by atoms with Crippen molar-refractivity contribution in [2.45, 2.75) is 50.2 Å². The summed E-state index contributed by atoms with van der Waals surface area (Å²) in [6.45, 7) is 4.64. The second kappa shape index (κ2) is 17.6. The molecule has 6 rings (SSSR count). The number of fused-ring (bicyclic) bond motifs is 1. The Hall–Kier alpha value is -5.72. The minimum Gasteiger partial charge on any atom is -0.508 e. The molecule has 1 saturated heterocycles. The van der Waals surface area contributed by atoms with Crippen LogP contribution in [-0.2, 0) is 19.1 Å². The zero-order valence-electron chi connectivity index (χ0n) is 30.9. The number of rotatable bonds is 15. The van der Waals surface area contributed by atoms with E-state index in [2.05, 4.69) is 24.4 Å². The third kappa shape index (κ3) is 8.82. The molecule has 5 amide bonds. The van der Waals surface area contributed by atoms with Crippen LogP contribution in [0.5, 0.6) is 11.5 Å². The van der Waals surface area contributed by atoms with Gasteiger partial charge in [0.25, 0.3) is 17.7 Å². The van der Waals surface area contributed by atoms with Crippen molar-refractivity contribution >= 4 is 52.4 Å². The van der Waals surface area contributed by atoms with Gasteiger partial charge in [0.05, 0.1) is 24.3 Å². The van der Waals surface area contributed by atoms with Gasteiger partial charge in [0, 0.05) is 24.1 Å². The molecule has 4 aromatic carbocycles. The van der Waals surface area contributed by atoms with Crippen LogP contribution < -0.4 is 10.1 Å². The number of thioether (sulfide) groups is 1. The number of amides is 5. The molecule has 2 heterocycles. The fraction of sp³-hybridized carbons (Fsp3) is 0.279. The highest BCUT2D eigenvalue weighted by atomic mass is 32.2. The van der Waals surface area contributed by atoms with Gasteiger partial charge in [-0.15, -0.1) is 11.8 Å². The average molecular weight is 762 g/mol. The maximum atomic E-state index is 13.4. The van der Waals surface area contributed by atoms with Crippen LogP contribution >= 0.6 is 11.8 Å². The molecule has 0 spiro atoms. The van der Waals surface area contributed by atoms with E-state index in [1.807, 2.05) is 54.6 Å². The van der Waals surface area contributed by atoms with Crippen molar-refractivity contribution in [2.75, 3.05) is 32.6 Å². The average Bonchev–Trinajstić information content (AvgIpc) is 3.45. The standard InChI is InChI=1S/C43H43N3O8S/c1-4-33(28-9-6-5-7-10-28)38(29-13-17-31(47)18-14-29)30-15-19-32(20-16-30)54-24-23-45(3)41(50)27(2)53-25-26-55-36-12-8-11-34-39(36)43(52)46(42(34)51)35-21-22-37(48)44-40(35)49/h5-20,27,35,47H,4,21-26H2,1-3H3,(H,44,48,49)/b38-33-. The Labute approximate surface area is 324 Å². The Morgan fingerprint density at radius 1 is 0.891 bits per heavy atom. The van der Waals surface area contributed by atoms with E-state index in [4.69, 9.17) is 9.47 Å². The normalized spacial score (nSPS) is 16.3. The van der Waals surface area contributed by atoms with E-state index in [-0.39, 0.29) is 48.8 Å². The minimum absolute atomic E-state index is 0.0496. The molecule has 2 atom stereocenters. The SMILES string of the molecule is CC/C(=C(\c1ccc(O)cc1)c1ccc(OCCN(C)C(=O)C(C)OCCSc2cccc3c2C(=O)N(C2CCC(=O)NC2=O)C3=O)cc1)c1ccccc1. The molecule has 2 aliphatic rings. The fourth-order valence-corrected chi connectivity index (χ4v) is 7.71. The summed E-state index contributed by atoms with van der Waals surface area (Å²) in [5.41, 5.74) is 5.85. The highest BCUT2D eigenvalue weighted by molar-refractivity contribution is 7.99. The number of carbonyl (C=O) groups is 5. The topological polar surface area (TPSA) is 143 Å². The summed E-state index contributed by atoms with van der Waals surface area (Å²) in [4.78, 5) is 66.6. The predicted octanol–water partition coefficient (Wildman–Crippen LogP) is 6.20. The van der Waals surface area contributed by atoms with E-state index < -0.39 is 35.8 Å². The molecule has 1 fully saturated rings. The van der Waals surface area contributed by atoms with Crippen molar-refractivity contribution < 1.29 is 38.6 Å². The summed E-state index contributed by atoms with van der Waals surface area (Å²) in [5, 5.41) is 12.1. The number of hydrogen-bond acceptors (Lipinski definition) is 9. The van der Waals surface area contributed by atoms with Crippen molar-refractivity contribution in [1.82, 2.24) is 15.1 Å². The maximum absolute atomic E-state index is 13.4. The van der Waals surface area contributed by atoms with Crippen LogP contribution in [-0.4, -0.2) is 89.1 Å². The van der Waals surface area contributed by atoms with Crippen molar-refractivity contribution in [2.24, 2.45) is 0 Å². The lowest BCUT2D eigenvalue weighted by atomic mass is 9.88. The molecule has 4 aromatic rings. The Balaban J connectivity index is 0.993. The number of allylic oxidation sites excluding steroid dienone is 1. The second-order valence-electron chi connectivity index (χ2n) is 13.2. The summed E-state index contributed by atoms with van der Waals surface area (Å²) < 4.78 is 11.9. The molecular formula is C43H43N3O8S. The molecule has 11 nitrogen and oxygen atoms in total. The molecule has 55 heavy (non-hydrogen) atoms. The van der Waals surface area contributed by atoms with Crippen LogP contribution in [0.25, 0.3) is 11.1 Å². The Morgan fingerprint density at radius 2 is 1.58 bits per heavy atom. The van der Waals surface area contributed by atoms with Gasteiger partial charge in [-0.05, 0) is 84.0 Å². The zero-order valence-corrected chi connectivity index (χ0v) is 31.8. The largest absolute Gasteiger partial charge is 0.508 e. The lowest BCUT2D eigenvalue weighted by Crippen LogP contribution is -2.54. The molecule has 0 saturated carbocycles. The number of hydrogen-bond donors (Lipinski definition) is 2. The fourth-order valence-electron chi connectivity index (χ4n) is 6.80. The number of likely N-dealkylation sites (N-methyl/N-ethyl adjacent to an activating group) is 1. The number of phenols is 1. The predicted molar refractivity (Wildman–Crippen MR) is 210 cm³/mol. The second-order valence-corrected chi connectivity index (χ2v) is 14.4. The van der Waals surface area contributed by atoms with Gasteiger partial charge in [0.2, 0.25) is 11.8 Å². The van der Waals surface area contributed by atoms with Crippen LogP contribution in [0.2, 0.25) is 0 Å². The molecule has 2 N–H and O–H groups in total. The molecule has 0 bridgehead atoms. The van der Waals surface area contributed by atoms with Gasteiger partial charge in [0.1, 0.15) is 30.3 Å². The van der Waals surface area contributed by atoms with Crippen molar-refractivity contribution in [3.8, 4) is 11.5 Å². The number of piperidine rings is 1. The van der Waals surface area contributed by atoms with Gasteiger partial charge in [0.15, 0.2) is 0 Å². The Bertz CT molecular complexity index is 2100. The first-order valence-electron chi connectivity index (χ1n) is 18.2. The Kier molecular flexibility index (Phi) is 12.5. The summed E-state index contributed by atoms with van der Waals surface area (Å²) in [5.74, 6) is -1.13. The number of ether oxygens (including phenoxy) is 2. The third-order valence-corrected chi connectivity index (χ3v) is 10.7. The first-order valence-corrected chi connectivity index (χ1v) is 19.2. The summed E-state index contributed by atoms with van der Waals surface area (Å²) in [6, 6.07) is 29.3. The molecule has 0 aromatic heterocycles. The van der Waals surface area contributed by atoms with Gasteiger partial charge in [-0.2, -0.15) is 0 Å². The zero-order chi connectivity index (χ0) is 39.1. The van der Waals surface area contributed by atoms with Crippen LogP contribution in [0.4, 0.5) is 0 Å². The first kappa shape index (κ1) is 39.0. The van der Waals surface area contributed by atoms with Crippen LogP contribution in [0.15, 0.2) is 102 Å². The number of phenolic OH excluding ortho intramolecular Hbond substituents is 1. The van der Waals surface area contributed by atoms with Crippen LogP contribution in [0.1, 0.15) is 70.5 Å². The monoisotopic (exact) mass is 761 g/mol.